The third-order valence-corrected chi connectivity index (χ3v) is 3.02. The van der Waals surface area contributed by atoms with Crippen LogP contribution in [0.2, 0.25) is 0 Å². The van der Waals surface area contributed by atoms with Gasteiger partial charge in [0.15, 0.2) is 0 Å². The SMILES string of the molecule is CNC(=O)C(C)CN(C)c1ccc(N)c(C(F)(F)F)c1. The number of rotatable bonds is 4. The van der Waals surface area contributed by atoms with E-state index in [1.807, 2.05) is 0 Å². The second kappa shape index (κ2) is 6.02. The number of carbonyl (C=O) groups is 1. The molecular formula is C13H18F3N3O. The molecule has 1 rings (SSSR count). The highest BCUT2D eigenvalue weighted by Gasteiger charge is 2.33. The van der Waals surface area contributed by atoms with Crippen molar-refractivity contribution in [3.05, 3.63) is 23.8 Å². The van der Waals surface area contributed by atoms with Gasteiger partial charge in [-0.2, -0.15) is 13.2 Å². The van der Waals surface area contributed by atoms with Crippen LogP contribution in [0.5, 0.6) is 0 Å². The van der Waals surface area contributed by atoms with Gasteiger partial charge in [0.05, 0.1) is 11.5 Å². The number of halogens is 3. The minimum absolute atomic E-state index is 0.164. The number of hydrogen-bond donors (Lipinski definition) is 2. The second-order valence-corrected chi connectivity index (χ2v) is 4.67. The molecule has 1 aromatic rings. The number of alkyl halides is 3. The fourth-order valence-electron chi connectivity index (χ4n) is 1.87. The topological polar surface area (TPSA) is 58.4 Å². The largest absolute Gasteiger partial charge is 0.418 e. The Hall–Kier alpha value is -1.92. The van der Waals surface area contributed by atoms with Crippen LogP contribution in [0.4, 0.5) is 24.5 Å². The standard InChI is InChI=1S/C13H18F3N3O/c1-8(12(20)18-2)7-19(3)9-4-5-11(17)10(6-9)13(14,15)16/h4-6,8H,7,17H2,1-3H3,(H,18,20). The molecule has 20 heavy (non-hydrogen) atoms. The summed E-state index contributed by atoms with van der Waals surface area (Å²) in [5.74, 6) is -0.500. The van der Waals surface area contributed by atoms with Crippen LogP contribution >= 0.6 is 0 Å². The average Bonchev–Trinajstić information content (AvgIpc) is 2.36. The molecule has 0 heterocycles. The van der Waals surface area contributed by atoms with Crippen LogP contribution in [0.15, 0.2) is 18.2 Å². The number of benzene rings is 1. The molecule has 0 fully saturated rings. The van der Waals surface area contributed by atoms with E-state index in [0.29, 0.717) is 12.2 Å². The zero-order chi connectivity index (χ0) is 15.5. The van der Waals surface area contributed by atoms with E-state index in [-0.39, 0.29) is 17.5 Å². The van der Waals surface area contributed by atoms with E-state index in [9.17, 15) is 18.0 Å². The monoisotopic (exact) mass is 289 g/mol. The van der Waals surface area contributed by atoms with E-state index < -0.39 is 11.7 Å². The molecule has 112 valence electrons. The van der Waals surface area contributed by atoms with Gasteiger partial charge in [-0.25, -0.2) is 0 Å². The van der Waals surface area contributed by atoms with Crippen molar-refractivity contribution in [1.82, 2.24) is 5.32 Å². The van der Waals surface area contributed by atoms with Gasteiger partial charge in [0.25, 0.3) is 0 Å². The lowest BCUT2D eigenvalue weighted by molar-refractivity contribution is -0.136. The quantitative estimate of drug-likeness (QED) is 0.835. The Labute approximate surface area is 115 Å². The first kappa shape index (κ1) is 16.1. The van der Waals surface area contributed by atoms with Crippen molar-refractivity contribution in [3.8, 4) is 0 Å². The molecule has 0 saturated heterocycles. The van der Waals surface area contributed by atoms with Gasteiger partial charge in [0, 0.05) is 32.0 Å². The van der Waals surface area contributed by atoms with Crippen LogP contribution < -0.4 is 16.0 Å². The summed E-state index contributed by atoms with van der Waals surface area (Å²) in [5.41, 5.74) is 4.53. The first-order chi connectivity index (χ1) is 9.16. The van der Waals surface area contributed by atoms with E-state index in [4.69, 9.17) is 5.73 Å². The van der Waals surface area contributed by atoms with Crippen LogP contribution in [0.3, 0.4) is 0 Å². The van der Waals surface area contributed by atoms with Crippen molar-refractivity contribution >= 4 is 17.3 Å². The summed E-state index contributed by atoms with van der Waals surface area (Å²) >= 11 is 0. The second-order valence-electron chi connectivity index (χ2n) is 4.67. The summed E-state index contributed by atoms with van der Waals surface area (Å²) in [7, 11) is 3.15. The molecule has 0 aliphatic rings. The smallest absolute Gasteiger partial charge is 0.398 e. The van der Waals surface area contributed by atoms with Crippen molar-refractivity contribution in [1.29, 1.82) is 0 Å². The zero-order valence-electron chi connectivity index (χ0n) is 11.6. The van der Waals surface area contributed by atoms with E-state index in [0.717, 1.165) is 6.07 Å². The van der Waals surface area contributed by atoms with Gasteiger partial charge in [-0.1, -0.05) is 6.92 Å². The number of amides is 1. The summed E-state index contributed by atoms with van der Waals surface area (Å²) < 4.78 is 38.3. The molecular weight excluding hydrogens is 271 g/mol. The number of nitrogens with one attached hydrogen (secondary N) is 1. The molecule has 0 aliphatic heterocycles. The van der Waals surface area contributed by atoms with Crippen LogP contribution in [-0.2, 0) is 11.0 Å². The van der Waals surface area contributed by atoms with Gasteiger partial charge >= 0.3 is 6.18 Å². The molecule has 1 aromatic carbocycles. The van der Waals surface area contributed by atoms with Crippen LogP contribution in [0.1, 0.15) is 12.5 Å². The highest BCUT2D eigenvalue weighted by Crippen LogP contribution is 2.35. The summed E-state index contributed by atoms with van der Waals surface area (Å²) in [4.78, 5) is 13.0. The molecule has 1 unspecified atom stereocenters. The molecule has 0 bridgehead atoms. The fourth-order valence-corrected chi connectivity index (χ4v) is 1.87. The van der Waals surface area contributed by atoms with Crippen LogP contribution in [-0.4, -0.2) is 26.5 Å². The molecule has 0 radical (unpaired) electrons. The fraction of sp³-hybridized carbons (Fsp3) is 0.462. The Morgan fingerprint density at radius 2 is 2.05 bits per heavy atom. The van der Waals surface area contributed by atoms with Gasteiger partial charge in [0.1, 0.15) is 0 Å². The van der Waals surface area contributed by atoms with Gasteiger partial charge in [0.2, 0.25) is 5.91 Å². The summed E-state index contributed by atoms with van der Waals surface area (Å²) in [6, 6.07) is 3.71. The van der Waals surface area contributed by atoms with Crippen molar-refractivity contribution in [2.45, 2.75) is 13.1 Å². The number of nitrogens with two attached hydrogens (primary N) is 1. The Bertz CT molecular complexity index is 488. The number of anilines is 2. The van der Waals surface area contributed by atoms with Crippen molar-refractivity contribution in [2.24, 2.45) is 5.92 Å². The van der Waals surface area contributed by atoms with E-state index in [1.165, 1.54) is 19.2 Å². The average molecular weight is 289 g/mol. The van der Waals surface area contributed by atoms with E-state index in [2.05, 4.69) is 5.32 Å². The summed E-state index contributed by atoms with van der Waals surface area (Å²) in [6.45, 7) is 2.01. The van der Waals surface area contributed by atoms with Crippen molar-refractivity contribution < 1.29 is 18.0 Å². The molecule has 3 N–H and O–H groups in total. The normalized spacial score (nSPS) is 12.9. The lowest BCUT2D eigenvalue weighted by Crippen LogP contribution is -2.34. The third kappa shape index (κ3) is 3.79. The van der Waals surface area contributed by atoms with Gasteiger partial charge < -0.3 is 16.0 Å². The van der Waals surface area contributed by atoms with Gasteiger partial charge in [-0.05, 0) is 18.2 Å². The number of nitrogens with zero attached hydrogens (tertiary/aromatic N) is 1. The Morgan fingerprint density at radius 3 is 2.55 bits per heavy atom. The van der Waals surface area contributed by atoms with Gasteiger partial charge in [-0.3, -0.25) is 4.79 Å². The van der Waals surface area contributed by atoms with Crippen LogP contribution in [0, 0.1) is 5.92 Å². The lowest BCUT2D eigenvalue weighted by atomic mass is 10.1. The number of hydrogen-bond acceptors (Lipinski definition) is 3. The molecule has 7 heteroatoms. The molecule has 0 saturated carbocycles. The molecule has 4 nitrogen and oxygen atoms in total. The number of carbonyl (C=O) groups excluding carboxylic acids is 1. The molecule has 1 atom stereocenters. The highest BCUT2D eigenvalue weighted by atomic mass is 19.4. The Morgan fingerprint density at radius 1 is 1.45 bits per heavy atom. The highest BCUT2D eigenvalue weighted by molar-refractivity contribution is 5.78. The Balaban J connectivity index is 2.95. The zero-order valence-corrected chi connectivity index (χ0v) is 11.6. The first-order valence-corrected chi connectivity index (χ1v) is 6.06. The van der Waals surface area contributed by atoms with E-state index in [1.54, 1.807) is 18.9 Å². The summed E-state index contributed by atoms with van der Waals surface area (Å²) in [6.07, 6.45) is -4.49. The predicted molar refractivity (Wildman–Crippen MR) is 72.4 cm³/mol. The predicted octanol–water partition coefficient (Wildman–Crippen LogP) is 2.11. The molecule has 0 aromatic heterocycles. The van der Waals surface area contributed by atoms with Crippen molar-refractivity contribution in [3.63, 3.8) is 0 Å². The summed E-state index contributed by atoms with van der Waals surface area (Å²) in [5, 5.41) is 2.50. The molecule has 1 amide bonds. The van der Waals surface area contributed by atoms with Crippen LogP contribution in [0.25, 0.3) is 0 Å². The molecule has 0 aliphatic carbocycles. The maximum Gasteiger partial charge on any atom is 0.418 e. The minimum atomic E-state index is -4.49. The van der Waals surface area contributed by atoms with Crippen molar-refractivity contribution in [2.75, 3.05) is 31.3 Å². The minimum Gasteiger partial charge on any atom is -0.398 e. The van der Waals surface area contributed by atoms with E-state index >= 15 is 0 Å². The Kier molecular flexibility index (Phi) is 4.86. The number of nitrogen functional groups attached to an aromatic ring is 1. The van der Waals surface area contributed by atoms with Gasteiger partial charge in [-0.15, -0.1) is 0 Å². The first-order valence-electron chi connectivity index (χ1n) is 6.06. The lowest BCUT2D eigenvalue weighted by Gasteiger charge is -2.24. The molecule has 0 spiro atoms. The third-order valence-electron chi connectivity index (χ3n) is 3.02. The maximum atomic E-state index is 12.8. The maximum absolute atomic E-state index is 12.8.